The Morgan fingerprint density at radius 1 is 0.929 bits per heavy atom. The van der Waals surface area contributed by atoms with E-state index in [1.165, 1.54) is 5.56 Å². The fraction of sp³-hybridized carbons (Fsp3) is 0.391. The number of hydrogen-bond donors (Lipinski definition) is 1. The maximum Gasteiger partial charge on any atom is 0.253 e. The zero-order valence-electron chi connectivity index (χ0n) is 16.6. The predicted octanol–water partition coefficient (Wildman–Crippen LogP) is 2.83. The van der Waals surface area contributed by atoms with Crippen LogP contribution in [0.25, 0.3) is 0 Å². The molecule has 2 aromatic rings. The Hall–Kier alpha value is -2.66. The highest BCUT2D eigenvalue weighted by Gasteiger charge is 2.21. The Balaban J connectivity index is 1.50. The van der Waals surface area contributed by atoms with E-state index < -0.39 is 0 Å². The zero-order chi connectivity index (χ0) is 19.8. The van der Waals surface area contributed by atoms with Gasteiger partial charge in [0.1, 0.15) is 0 Å². The minimum Gasteiger partial charge on any atom is -0.352 e. The van der Waals surface area contributed by atoms with Crippen LogP contribution < -0.4 is 5.32 Å². The van der Waals surface area contributed by atoms with Gasteiger partial charge in [-0.25, -0.2) is 0 Å². The van der Waals surface area contributed by atoms with Crippen LogP contribution in [0.1, 0.15) is 39.6 Å². The van der Waals surface area contributed by atoms with Crippen LogP contribution in [0.2, 0.25) is 0 Å². The number of rotatable bonds is 7. The highest BCUT2D eigenvalue weighted by atomic mass is 16.2. The number of nitrogens with one attached hydrogen (secondary N) is 1. The average Bonchev–Trinajstić information content (AvgIpc) is 2.77. The summed E-state index contributed by atoms with van der Waals surface area (Å²) in [7, 11) is 0. The van der Waals surface area contributed by atoms with Gasteiger partial charge < -0.3 is 15.1 Å². The van der Waals surface area contributed by atoms with Crippen molar-refractivity contribution in [1.29, 1.82) is 0 Å². The zero-order valence-corrected chi connectivity index (χ0v) is 16.6. The van der Waals surface area contributed by atoms with Gasteiger partial charge in [-0.05, 0) is 43.1 Å². The second-order valence-electron chi connectivity index (χ2n) is 7.15. The third-order valence-electron chi connectivity index (χ3n) is 5.25. The van der Waals surface area contributed by atoms with E-state index in [0.717, 1.165) is 45.6 Å². The molecule has 0 bridgehead atoms. The van der Waals surface area contributed by atoms with Gasteiger partial charge in [-0.2, -0.15) is 0 Å². The van der Waals surface area contributed by atoms with Crippen molar-refractivity contribution in [2.75, 3.05) is 39.3 Å². The number of benzene rings is 2. The van der Waals surface area contributed by atoms with Crippen LogP contribution in [-0.2, 0) is 6.42 Å². The topological polar surface area (TPSA) is 52.7 Å². The summed E-state index contributed by atoms with van der Waals surface area (Å²) >= 11 is 0. The summed E-state index contributed by atoms with van der Waals surface area (Å²) in [5, 5.41) is 2.96. The molecule has 1 fully saturated rings. The Bertz CT molecular complexity index is 783. The van der Waals surface area contributed by atoms with Crippen LogP contribution in [0.3, 0.4) is 0 Å². The normalized spacial score (nSPS) is 14.7. The molecule has 28 heavy (non-hydrogen) atoms. The van der Waals surface area contributed by atoms with E-state index in [9.17, 15) is 9.59 Å². The van der Waals surface area contributed by atoms with Gasteiger partial charge in [0.05, 0.1) is 0 Å². The number of carbonyl (C=O) groups excluding carboxylic acids is 2. The van der Waals surface area contributed by atoms with E-state index in [1.54, 1.807) is 24.3 Å². The summed E-state index contributed by atoms with van der Waals surface area (Å²) in [4.78, 5) is 29.4. The second kappa shape index (κ2) is 10.0. The van der Waals surface area contributed by atoms with Gasteiger partial charge in [-0.1, -0.05) is 43.3 Å². The predicted molar refractivity (Wildman–Crippen MR) is 112 cm³/mol. The summed E-state index contributed by atoms with van der Waals surface area (Å²) in [6, 6.07) is 17.3. The molecule has 0 radical (unpaired) electrons. The highest BCUT2D eigenvalue weighted by Crippen LogP contribution is 2.11. The molecule has 148 valence electrons. The highest BCUT2D eigenvalue weighted by molar-refractivity contribution is 5.99. The summed E-state index contributed by atoms with van der Waals surface area (Å²) in [5.41, 5.74) is 2.40. The fourth-order valence-electron chi connectivity index (χ4n) is 3.48. The molecule has 3 rings (SSSR count). The van der Waals surface area contributed by atoms with E-state index in [2.05, 4.69) is 29.3 Å². The first-order chi connectivity index (χ1) is 13.7. The summed E-state index contributed by atoms with van der Waals surface area (Å²) in [6.07, 6.45) is 1.82. The molecule has 1 N–H and O–H groups in total. The maximum atomic E-state index is 12.8. The van der Waals surface area contributed by atoms with Crippen molar-refractivity contribution in [2.24, 2.45) is 0 Å². The number of aryl methyl sites for hydroxylation is 1. The van der Waals surface area contributed by atoms with Crippen LogP contribution in [0, 0.1) is 0 Å². The van der Waals surface area contributed by atoms with Crippen molar-refractivity contribution in [1.82, 2.24) is 15.1 Å². The first kappa shape index (κ1) is 20.1. The van der Waals surface area contributed by atoms with Crippen molar-refractivity contribution < 1.29 is 9.59 Å². The molecule has 0 aromatic heterocycles. The lowest BCUT2D eigenvalue weighted by molar-refractivity contribution is 0.0643. The Labute approximate surface area is 167 Å². The molecule has 1 heterocycles. The Kier molecular flexibility index (Phi) is 7.20. The molecule has 2 amide bonds. The van der Waals surface area contributed by atoms with Crippen molar-refractivity contribution in [2.45, 2.75) is 19.8 Å². The Morgan fingerprint density at radius 3 is 2.36 bits per heavy atom. The van der Waals surface area contributed by atoms with E-state index >= 15 is 0 Å². The molecule has 5 heteroatoms. The van der Waals surface area contributed by atoms with Crippen molar-refractivity contribution in [3.63, 3.8) is 0 Å². The minimum absolute atomic E-state index is 0.00878. The monoisotopic (exact) mass is 379 g/mol. The molecular formula is C23H29N3O2. The van der Waals surface area contributed by atoms with Gasteiger partial charge in [0.25, 0.3) is 11.8 Å². The van der Waals surface area contributed by atoms with E-state index in [1.807, 2.05) is 23.1 Å². The van der Waals surface area contributed by atoms with E-state index in [4.69, 9.17) is 0 Å². The fourth-order valence-corrected chi connectivity index (χ4v) is 3.48. The van der Waals surface area contributed by atoms with E-state index in [-0.39, 0.29) is 11.8 Å². The molecule has 0 saturated carbocycles. The lowest BCUT2D eigenvalue weighted by Gasteiger charge is -2.34. The molecule has 5 nitrogen and oxygen atoms in total. The van der Waals surface area contributed by atoms with Crippen LogP contribution >= 0.6 is 0 Å². The molecule has 1 aliphatic rings. The average molecular weight is 380 g/mol. The van der Waals surface area contributed by atoms with Crippen LogP contribution in [0.5, 0.6) is 0 Å². The number of amides is 2. The SMILES string of the molecule is CCN1CCN(C(=O)c2cccc(C(=O)NCCCc3ccccc3)c2)CC1. The smallest absolute Gasteiger partial charge is 0.253 e. The molecule has 0 spiro atoms. The minimum atomic E-state index is -0.126. The van der Waals surface area contributed by atoms with Crippen molar-refractivity contribution in [3.8, 4) is 0 Å². The molecule has 2 aromatic carbocycles. The van der Waals surface area contributed by atoms with E-state index in [0.29, 0.717) is 17.7 Å². The van der Waals surface area contributed by atoms with Crippen LogP contribution in [-0.4, -0.2) is 60.9 Å². The summed E-state index contributed by atoms with van der Waals surface area (Å²) in [5.74, 6) is -0.118. The molecule has 1 aliphatic heterocycles. The third-order valence-corrected chi connectivity index (χ3v) is 5.25. The molecular weight excluding hydrogens is 350 g/mol. The van der Waals surface area contributed by atoms with Gasteiger partial charge in [0, 0.05) is 43.9 Å². The van der Waals surface area contributed by atoms with Crippen LogP contribution in [0.15, 0.2) is 54.6 Å². The third kappa shape index (κ3) is 5.42. The van der Waals surface area contributed by atoms with Gasteiger partial charge in [0.2, 0.25) is 0 Å². The standard InChI is InChI=1S/C23H29N3O2/c1-2-25-14-16-26(17-15-25)23(28)21-12-6-11-20(18-21)22(27)24-13-7-10-19-8-4-3-5-9-19/h3-6,8-9,11-12,18H,2,7,10,13-17H2,1H3,(H,24,27). The van der Waals surface area contributed by atoms with Gasteiger partial charge in [-0.3, -0.25) is 9.59 Å². The molecule has 0 unspecified atom stereocenters. The number of likely N-dealkylation sites (N-methyl/N-ethyl adjacent to an activating group) is 1. The summed E-state index contributed by atoms with van der Waals surface area (Å²) < 4.78 is 0. The number of carbonyl (C=O) groups is 2. The first-order valence-electron chi connectivity index (χ1n) is 10.1. The molecule has 1 saturated heterocycles. The van der Waals surface area contributed by atoms with Gasteiger partial charge in [-0.15, -0.1) is 0 Å². The number of nitrogens with zero attached hydrogens (tertiary/aromatic N) is 2. The van der Waals surface area contributed by atoms with Crippen LogP contribution in [0.4, 0.5) is 0 Å². The molecule has 0 atom stereocenters. The summed E-state index contributed by atoms with van der Waals surface area (Å²) in [6.45, 7) is 7.06. The number of hydrogen-bond acceptors (Lipinski definition) is 3. The largest absolute Gasteiger partial charge is 0.352 e. The lowest BCUT2D eigenvalue weighted by atomic mass is 10.1. The lowest BCUT2D eigenvalue weighted by Crippen LogP contribution is -2.48. The number of piperazine rings is 1. The van der Waals surface area contributed by atoms with Gasteiger partial charge in [0.15, 0.2) is 0 Å². The first-order valence-corrected chi connectivity index (χ1v) is 10.1. The second-order valence-corrected chi connectivity index (χ2v) is 7.15. The Morgan fingerprint density at radius 2 is 1.64 bits per heavy atom. The maximum absolute atomic E-state index is 12.8. The molecule has 0 aliphatic carbocycles. The van der Waals surface area contributed by atoms with Gasteiger partial charge >= 0.3 is 0 Å². The van der Waals surface area contributed by atoms with Crippen molar-refractivity contribution in [3.05, 3.63) is 71.3 Å². The quantitative estimate of drug-likeness (QED) is 0.753. The van der Waals surface area contributed by atoms with Crippen molar-refractivity contribution >= 4 is 11.8 Å².